The summed E-state index contributed by atoms with van der Waals surface area (Å²) < 4.78 is 15.0. The van der Waals surface area contributed by atoms with Crippen LogP contribution in [0.3, 0.4) is 0 Å². The molecule has 37 heavy (non-hydrogen) atoms. The van der Waals surface area contributed by atoms with Gasteiger partial charge in [0.1, 0.15) is 11.4 Å². The van der Waals surface area contributed by atoms with E-state index in [1.807, 2.05) is 20.8 Å². The van der Waals surface area contributed by atoms with Crippen molar-refractivity contribution < 1.29 is 18.8 Å². The highest BCUT2D eigenvalue weighted by atomic mass is 19.1. The minimum atomic E-state index is -1.04. The van der Waals surface area contributed by atoms with Gasteiger partial charge >= 0.3 is 0 Å². The van der Waals surface area contributed by atoms with E-state index in [0.29, 0.717) is 24.4 Å². The Morgan fingerprint density at radius 1 is 1.11 bits per heavy atom. The molecule has 3 N–H and O–H groups in total. The van der Waals surface area contributed by atoms with Gasteiger partial charge in [0, 0.05) is 42.1 Å². The summed E-state index contributed by atoms with van der Waals surface area (Å²) in [6, 6.07) is 3.98. The molecule has 2 aliphatic rings. The lowest BCUT2D eigenvalue weighted by molar-refractivity contribution is -0.124. The van der Waals surface area contributed by atoms with Gasteiger partial charge in [-0.3, -0.25) is 14.4 Å². The largest absolute Gasteiger partial charge is 0.354 e. The predicted molar refractivity (Wildman–Crippen MR) is 138 cm³/mol. The molecule has 4 rings (SSSR count). The first kappa shape index (κ1) is 26.5. The highest BCUT2D eigenvalue weighted by Gasteiger charge is 2.51. The number of rotatable bonds is 9. The summed E-state index contributed by atoms with van der Waals surface area (Å²) in [7, 11) is 0. The molecule has 2 heterocycles. The van der Waals surface area contributed by atoms with E-state index < -0.39 is 23.3 Å². The summed E-state index contributed by atoms with van der Waals surface area (Å²) >= 11 is 0. The van der Waals surface area contributed by atoms with Gasteiger partial charge in [-0.15, -0.1) is 0 Å². The minimum Gasteiger partial charge on any atom is -0.354 e. The van der Waals surface area contributed by atoms with Crippen molar-refractivity contribution in [2.24, 2.45) is 0 Å². The number of halogens is 1. The lowest BCUT2D eigenvalue weighted by Crippen LogP contribution is -2.49. The van der Waals surface area contributed by atoms with Crippen molar-refractivity contribution in [3.05, 3.63) is 53.1 Å². The molecule has 2 fully saturated rings. The molecule has 10 heteroatoms. The first-order chi connectivity index (χ1) is 17.6. The molecule has 198 valence electrons. The summed E-state index contributed by atoms with van der Waals surface area (Å²) in [6.07, 6.45) is 6.59. The molecule has 1 saturated heterocycles. The average molecular weight is 511 g/mol. The van der Waals surface area contributed by atoms with Crippen molar-refractivity contribution in [1.82, 2.24) is 25.5 Å². The van der Waals surface area contributed by atoms with Crippen molar-refractivity contribution in [3.8, 4) is 0 Å². The van der Waals surface area contributed by atoms with Crippen molar-refractivity contribution in [2.45, 2.75) is 83.5 Å². The number of carbonyl (C=O) groups is 3. The molecule has 3 atom stereocenters. The van der Waals surface area contributed by atoms with Gasteiger partial charge in [0.15, 0.2) is 0 Å². The molecule has 1 aromatic carbocycles. The molecule has 9 nitrogen and oxygen atoms in total. The zero-order valence-electron chi connectivity index (χ0n) is 21.8. The number of nitrogens with one attached hydrogen (secondary N) is 3. The van der Waals surface area contributed by atoms with E-state index in [0.717, 1.165) is 25.8 Å². The van der Waals surface area contributed by atoms with Gasteiger partial charge in [0.05, 0.1) is 11.6 Å². The molecule has 2 aromatic rings. The fourth-order valence-electron chi connectivity index (χ4n) is 4.76. The van der Waals surface area contributed by atoms with Crippen LogP contribution in [0.4, 0.5) is 10.3 Å². The second-order valence-electron chi connectivity index (χ2n) is 10.2. The third-order valence-electron chi connectivity index (χ3n) is 7.23. The van der Waals surface area contributed by atoms with E-state index in [4.69, 9.17) is 0 Å². The van der Waals surface area contributed by atoms with Crippen LogP contribution >= 0.6 is 0 Å². The number of hydrogen-bond acceptors (Lipinski definition) is 6. The second-order valence-corrected chi connectivity index (χ2v) is 10.2. The van der Waals surface area contributed by atoms with Crippen molar-refractivity contribution in [1.29, 1.82) is 0 Å². The van der Waals surface area contributed by atoms with Crippen LogP contribution < -0.4 is 16.0 Å². The maximum absolute atomic E-state index is 15.0. The average Bonchev–Trinajstić information content (AvgIpc) is 3.59. The van der Waals surface area contributed by atoms with Crippen LogP contribution in [0.5, 0.6) is 0 Å². The Morgan fingerprint density at radius 2 is 1.76 bits per heavy atom. The number of carbonyl (C=O) groups excluding carboxylic acids is 3. The molecule has 1 saturated carbocycles. The van der Waals surface area contributed by atoms with Gasteiger partial charge in [-0.2, -0.15) is 0 Å². The van der Waals surface area contributed by atoms with Crippen LogP contribution in [0.2, 0.25) is 0 Å². The van der Waals surface area contributed by atoms with E-state index in [-0.39, 0.29) is 35.0 Å². The number of aromatic nitrogens is 2. The molecule has 1 aromatic heterocycles. The second kappa shape index (κ2) is 10.8. The molecule has 0 unspecified atom stereocenters. The Hall–Kier alpha value is -3.56. The minimum absolute atomic E-state index is 0.121. The van der Waals surface area contributed by atoms with Crippen LogP contribution in [-0.4, -0.2) is 56.8 Å². The maximum atomic E-state index is 15.0. The number of likely N-dealkylation sites (tertiary alicyclic amines) is 1. The zero-order valence-corrected chi connectivity index (χ0v) is 21.8. The standard InChI is InChI=1S/C27H35FN6O3/c1-5-12-29-26-30-14-20(15-31-26)23(35)33-27(10-11-27)25(37)32-18(4)21-9-8-19(13-22(21)28)24(36)34-16(2)6-7-17(34)3/h8-9,13-18H,5-7,10-12H2,1-4H3,(H,32,37)(H,33,35)(H,29,30,31)/t16-,17+,18-/m1/s1. The van der Waals surface area contributed by atoms with Crippen LogP contribution in [0.1, 0.15) is 92.1 Å². The Labute approximate surface area is 216 Å². The first-order valence-corrected chi connectivity index (χ1v) is 13.0. The topological polar surface area (TPSA) is 116 Å². The van der Waals surface area contributed by atoms with Gasteiger partial charge in [-0.05, 0) is 65.0 Å². The van der Waals surface area contributed by atoms with Crippen LogP contribution in [0.15, 0.2) is 30.6 Å². The molecule has 0 radical (unpaired) electrons. The van der Waals surface area contributed by atoms with Crippen LogP contribution in [0, 0.1) is 5.82 Å². The predicted octanol–water partition coefficient (Wildman–Crippen LogP) is 3.59. The Kier molecular flexibility index (Phi) is 7.75. The molecule has 3 amide bonds. The molecular weight excluding hydrogens is 475 g/mol. The molecule has 0 spiro atoms. The summed E-state index contributed by atoms with van der Waals surface area (Å²) in [5, 5.41) is 8.64. The normalized spacial score (nSPS) is 20.7. The van der Waals surface area contributed by atoms with E-state index in [1.54, 1.807) is 24.0 Å². The molecule has 1 aliphatic heterocycles. The Balaban J connectivity index is 1.37. The summed E-state index contributed by atoms with van der Waals surface area (Å²) in [6.45, 7) is 8.43. The van der Waals surface area contributed by atoms with Crippen molar-refractivity contribution >= 4 is 23.7 Å². The fraction of sp³-hybridized carbons (Fsp3) is 0.519. The number of amides is 3. The van der Waals surface area contributed by atoms with Gasteiger partial charge < -0.3 is 20.9 Å². The molecular formula is C27H35FN6O3. The number of benzene rings is 1. The van der Waals surface area contributed by atoms with Gasteiger partial charge in [-0.1, -0.05) is 13.0 Å². The van der Waals surface area contributed by atoms with Crippen LogP contribution in [0.25, 0.3) is 0 Å². The fourth-order valence-corrected chi connectivity index (χ4v) is 4.76. The highest BCUT2D eigenvalue weighted by Crippen LogP contribution is 2.37. The van der Waals surface area contributed by atoms with E-state index in [1.165, 1.54) is 18.5 Å². The lowest BCUT2D eigenvalue weighted by Gasteiger charge is -2.26. The molecule has 0 bridgehead atoms. The summed E-state index contributed by atoms with van der Waals surface area (Å²) in [4.78, 5) is 48.7. The van der Waals surface area contributed by atoms with Gasteiger partial charge in [0.2, 0.25) is 11.9 Å². The lowest BCUT2D eigenvalue weighted by atomic mass is 10.0. The highest BCUT2D eigenvalue weighted by molar-refractivity contribution is 6.00. The third-order valence-corrected chi connectivity index (χ3v) is 7.23. The Morgan fingerprint density at radius 3 is 2.32 bits per heavy atom. The summed E-state index contributed by atoms with van der Waals surface area (Å²) in [5.74, 6) is -1.12. The quantitative estimate of drug-likeness (QED) is 0.475. The smallest absolute Gasteiger partial charge is 0.255 e. The number of nitrogens with zero attached hydrogens (tertiary/aromatic N) is 3. The monoisotopic (exact) mass is 510 g/mol. The van der Waals surface area contributed by atoms with E-state index >= 15 is 4.39 Å². The molecule has 1 aliphatic carbocycles. The van der Waals surface area contributed by atoms with Gasteiger partial charge in [-0.25, -0.2) is 14.4 Å². The Bertz CT molecular complexity index is 1160. The van der Waals surface area contributed by atoms with Gasteiger partial charge in [0.25, 0.3) is 11.8 Å². The van der Waals surface area contributed by atoms with Crippen LogP contribution in [-0.2, 0) is 4.79 Å². The van der Waals surface area contributed by atoms with Crippen molar-refractivity contribution in [2.75, 3.05) is 11.9 Å². The van der Waals surface area contributed by atoms with E-state index in [2.05, 4.69) is 25.9 Å². The number of anilines is 1. The SMILES string of the molecule is CCCNc1ncc(C(=O)NC2(C(=O)N[C@H](C)c3ccc(C(=O)N4[C@H](C)CC[C@@H]4C)cc3F)CC2)cn1. The number of hydrogen-bond donors (Lipinski definition) is 3. The zero-order chi connectivity index (χ0) is 26.7. The van der Waals surface area contributed by atoms with Crippen molar-refractivity contribution in [3.63, 3.8) is 0 Å². The van der Waals surface area contributed by atoms with E-state index in [9.17, 15) is 14.4 Å². The first-order valence-electron chi connectivity index (χ1n) is 13.0. The maximum Gasteiger partial charge on any atom is 0.255 e. The third kappa shape index (κ3) is 5.73. The summed E-state index contributed by atoms with van der Waals surface area (Å²) in [5.41, 5.74) is -0.219.